The minimum Gasteiger partial charge on any atom is -0.343 e. The molecule has 3 aromatic rings. The largest absolute Gasteiger partial charge is 0.343 e. The van der Waals surface area contributed by atoms with Gasteiger partial charge in [-0.3, -0.25) is 0 Å². The molecule has 1 aromatic heterocycles. The molecule has 0 aliphatic heterocycles. The molecule has 1 N–H and O–H groups in total. The van der Waals surface area contributed by atoms with Crippen LogP contribution in [0, 0.1) is 0 Å². The van der Waals surface area contributed by atoms with Crippen molar-refractivity contribution in [1.82, 2.24) is 9.88 Å². The molecular formula is C22H24Cl2N2. The van der Waals surface area contributed by atoms with Crippen LogP contribution >= 0.6 is 23.2 Å². The summed E-state index contributed by atoms with van der Waals surface area (Å²) in [4.78, 5) is 0. The van der Waals surface area contributed by atoms with E-state index in [0.29, 0.717) is 11.1 Å². The zero-order valence-electron chi connectivity index (χ0n) is 14.8. The summed E-state index contributed by atoms with van der Waals surface area (Å²) < 4.78 is 2.29. The van der Waals surface area contributed by atoms with Crippen LogP contribution in [-0.4, -0.2) is 10.6 Å². The van der Waals surface area contributed by atoms with Gasteiger partial charge in [0.05, 0.1) is 0 Å². The molecule has 1 heterocycles. The van der Waals surface area contributed by atoms with Gasteiger partial charge in [0.25, 0.3) is 0 Å². The quantitative estimate of drug-likeness (QED) is 0.535. The Morgan fingerprint density at radius 3 is 2.58 bits per heavy atom. The third kappa shape index (κ3) is 3.93. The molecule has 0 atom stereocenters. The van der Waals surface area contributed by atoms with E-state index in [1.54, 1.807) is 0 Å². The van der Waals surface area contributed by atoms with Crippen LogP contribution < -0.4 is 5.32 Å². The van der Waals surface area contributed by atoms with Crippen LogP contribution in [0.4, 0.5) is 0 Å². The van der Waals surface area contributed by atoms with Crippen molar-refractivity contribution >= 4 is 34.1 Å². The second-order valence-electron chi connectivity index (χ2n) is 7.25. The molecule has 0 bridgehead atoms. The van der Waals surface area contributed by atoms with E-state index in [1.807, 2.05) is 18.2 Å². The summed E-state index contributed by atoms with van der Waals surface area (Å²) in [7, 11) is 0. The highest BCUT2D eigenvalue weighted by molar-refractivity contribution is 6.35. The van der Waals surface area contributed by atoms with E-state index in [9.17, 15) is 0 Å². The number of nitrogens with zero attached hydrogens (tertiary/aromatic N) is 1. The number of benzene rings is 2. The Balaban J connectivity index is 1.59. The van der Waals surface area contributed by atoms with Crippen molar-refractivity contribution in [3.8, 4) is 0 Å². The maximum Gasteiger partial charge on any atom is 0.0491 e. The molecule has 4 heteroatoms. The number of aromatic nitrogens is 1. The van der Waals surface area contributed by atoms with Gasteiger partial charge in [-0.1, -0.05) is 66.7 Å². The predicted octanol–water partition coefficient (Wildman–Crippen LogP) is 6.42. The topological polar surface area (TPSA) is 17.0 Å². The Morgan fingerprint density at radius 1 is 0.962 bits per heavy atom. The van der Waals surface area contributed by atoms with Crippen molar-refractivity contribution < 1.29 is 0 Å². The lowest BCUT2D eigenvalue weighted by Gasteiger charge is -2.22. The van der Waals surface area contributed by atoms with E-state index in [1.165, 1.54) is 48.6 Å². The Kier molecular flexibility index (Phi) is 5.54. The van der Waals surface area contributed by atoms with Gasteiger partial charge < -0.3 is 9.88 Å². The van der Waals surface area contributed by atoms with Crippen molar-refractivity contribution in [2.75, 3.05) is 0 Å². The minimum absolute atomic E-state index is 0.663. The minimum atomic E-state index is 0.663. The summed E-state index contributed by atoms with van der Waals surface area (Å²) in [6.07, 6.45) is 8.98. The van der Waals surface area contributed by atoms with Gasteiger partial charge in [0, 0.05) is 46.3 Å². The fraction of sp³-hybridized carbons (Fsp3) is 0.364. The molecule has 0 unspecified atom stereocenters. The molecule has 1 aliphatic rings. The van der Waals surface area contributed by atoms with Gasteiger partial charge in [-0.25, -0.2) is 0 Å². The molecule has 26 heavy (non-hydrogen) atoms. The average Bonchev–Trinajstić information content (AvgIpc) is 3.01. The molecule has 1 aliphatic carbocycles. The van der Waals surface area contributed by atoms with Crippen molar-refractivity contribution in [3.05, 3.63) is 69.8 Å². The molecule has 1 saturated carbocycles. The second kappa shape index (κ2) is 8.04. The number of halogens is 2. The maximum atomic E-state index is 6.39. The first-order chi connectivity index (χ1) is 12.7. The maximum absolute atomic E-state index is 6.39. The fourth-order valence-electron chi connectivity index (χ4n) is 3.99. The molecule has 0 amide bonds. The van der Waals surface area contributed by atoms with Crippen LogP contribution in [0.2, 0.25) is 10.0 Å². The van der Waals surface area contributed by atoms with Crippen LogP contribution in [0.5, 0.6) is 0 Å². The third-order valence-electron chi connectivity index (χ3n) is 5.41. The van der Waals surface area contributed by atoms with Gasteiger partial charge >= 0.3 is 0 Å². The van der Waals surface area contributed by atoms with E-state index in [-0.39, 0.29) is 0 Å². The van der Waals surface area contributed by atoms with E-state index in [2.05, 4.69) is 40.3 Å². The highest BCUT2D eigenvalue weighted by atomic mass is 35.5. The molecule has 2 nitrogen and oxygen atoms in total. The second-order valence-corrected chi connectivity index (χ2v) is 8.09. The molecule has 136 valence electrons. The lowest BCUT2D eigenvalue weighted by atomic mass is 9.95. The van der Waals surface area contributed by atoms with Crippen LogP contribution in [0.1, 0.15) is 43.2 Å². The van der Waals surface area contributed by atoms with Gasteiger partial charge in [-0.15, -0.1) is 0 Å². The monoisotopic (exact) mass is 386 g/mol. The standard InChI is InChI=1S/C22H24Cl2N2/c23-18-11-10-16(21(24)12-18)14-26-15-17(20-8-4-5-9-22(20)26)13-25-19-6-2-1-3-7-19/h4-5,8-12,15,19,25H,1-3,6-7,13-14H2. The molecule has 0 spiro atoms. The summed E-state index contributed by atoms with van der Waals surface area (Å²) in [5.41, 5.74) is 3.69. The number of hydrogen-bond acceptors (Lipinski definition) is 1. The van der Waals surface area contributed by atoms with Crippen LogP contribution in [0.15, 0.2) is 48.7 Å². The van der Waals surface area contributed by atoms with E-state index in [4.69, 9.17) is 23.2 Å². The normalized spacial score (nSPS) is 15.6. The molecule has 2 aromatic carbocycles. The van der Waals surface area contributed by atoms with Crippen LogP contribution in [0.3, 0.4) is 0 Å². The number of hydrogen-bond donors (Lipinski definition) is 1. The molecule has 1 fully saturated rings. The molecule has 4 rings (SSSR count). The van der Waals surface area contributed by atoms with Crippen molar-refractivity contribution in [1.29, 1.82) is 0 Å². The summed E-state index contributed by atoms with van der Waals surface area (Å²) in [6.45, 7) is 1.67. The Labute approximate surface area is 165 Å². The van der Waals surface area contributed by atoms with Gasteiger partial charge in [0.2, 0.25) is 0 Å². The van der Waals surface area contributed by atoms with Crippen molar-refractivity contribution in [2.24, 2.45) is 0 Å². The van der Waals surface area contributed by atoms with Gasteiger partial charge in [-0.2, -0.15) is 0 Å². The SMILES string of the molecule is Clc1ccc(Cn2cc(CNC3CCCCC3)c3ccccc32)c(Cl)c1. The van der Waals surface area contributed by atoms with E-state index in [0.717, 1.165) is 23.7 Å². The fourth-order valence-corrected chi connectivity index (χ4v) is 4.46. The predicted molar refractivity (Wildman–Crippen MR) is 111 cm³/mol. The highest BCUT2D eigenvalue weighted by Gasteiger charge is 2.15. The molecular weight excluding hydrogens is 363 g/mol. The third-order valence-corrected chi connectivity index (χ3v) is 6.00. The lowest BCUT2D eigenvalue weighted by molar-refractivity contribution is 0.372. The van der Waals surface area contributed by atoms with Crippen molar-refractivity contribution in [2.45, 2.75) is 51.2 Å². The highest BCUT2D eigenvalue weighted by Crippen LogP contribution is 2.27. The Bertz CT molecular complexity index is 894. The first-order valence-electron chi connectivity index (χ1n) is 9.45. The smallest absolute Gasteiger partial charge is 0.0491 e. The zero-order valence-corrected chi connectivity index (χ0v) is 16.4. The summed E-state index contributed by atoms with van der Waals surface area (Å²) in [6, 6.07) is 15.0. The first-order valence-corrected chi connectivity index (χ1v) is 10.2. The number of para-hydroxylation sites is 1. The number of nitrogens with one attached hydrogen (secondary N) is 1. The van der Waals surface area contributed by atoms with E-state index >= 15 is 0 Å². The molecule has 0 saturated heterocycles. The zero-order chi connectivity index (χ0) is 17.9. The Morgan fingerprint density at radius 2 is 1.77 bits per heavy atom. The van der Waals surface area contributed by atoms with Gasteiger partial charge in [0.15, 0.2) is 0 Å². The lowest BCUT2D eigenvalue weighted by Crippen LogP contribution is -2.30. The number of fused-ring (bicyclic) bond motifs is 1. The van der Waals surface area contributed by atoms with E-state index < -0.39 is 0 Å². The average molecular weight is 387 g/mol. The van der Waals surface area contributed by atoms with Crippen molar-refractivity contribution in [3.63, 3.8) is 0 Å². The first kappa shape index (κ1) is 17.9. The summed E-state index contributed by atoms with van der Waals surface area (Å²) in [5, 5.41) is 6.48. The Hall–Kier alpha value is -1.48. The summed E-state index contributed by atoms with van der Waals surface area (Å²) in [5.74, 6) is 0. The van der Waals surface area contributed by atoms with Crippen LogP contribution in [-0.2, 0) is 13.1 Å². The number of rotatable bonds is 5. The van der Waals surface area contributed by atoms with Gasteiger partial charge in [-0.05, 0) is 42.2 Å². The van der Waals surface area contributed by atoms with Gasteiger partial charge in [0.1, 0.15) is 0 Å². The van der Waals surface area contributed by atoms with Crippen LogP contribution in [0.25, 0.3) is 10.9 Å². The summed E-state index contributed by atoms with van der Waals surface area (Å²) >= 11 is 12.4. The molecule has 0 radical (unpaired) electrons.